The van der Waals surface area contributed by atoms with Crippen molar-refractivity contribution in [3.8, 4) is 0 Å². The average molecular weight is 320 g/mol. The molecule has 19 heavy (non-hydrogen) atoms. The zero-order valence-corrected chi connectivity index (χ0v) is 12.0. The van der Waals surface area contributed by atoms with E-state index in [0.29, 0.717) is 17.6 Å². The summed E-state index contributed by atoms with van der Waals surface area (Å²) in [5.41, 5.74) is 1.98. The maximum Gasteiger partial charge on any atom is 0.147 e. The number of hydrogen-bond acceptors (Lipinski definition) is 1. The summed E-state index contributed by atoms with van der Waals surface area (Å²) in [5, 5.41) is 3.28. The molecule has 0 radical (unpaired) electrons. The molecule has 1 saturated carbocycles. The van der Waals surface area contributed by atoms with Gasteiger partial charge in [-0.25, -0.2) is 4.39 Å². The summed E-state index contributed by atoms with van der Waals surface area (Å²) in [6.45, 7) is 0. The molecule has 2 aromatic carbocycles. The van der Waals surface area contributed by atoms with Crippen LogP contribution in [0, 0.1) is 5.82 Å². The fourth-order valence-electron chi connectivity index (χ4n) is 2.56. The van der Waals surface area contributed by atoms with Gasteiger partial charge in [0.25, 0.3) is 0 Å². The lowest BCUT2D eigenvalue weighted by Gasteiger charge is -2.37. The maximum atomic E-state index is 13.7. The van der Waals surface area contributed by atoms with Gasteiger partial charge in [-0.2, -0.15) is 0 Å². The minimum absolute atomic E-state index is 0.197. The van der Waals surface area contributed by atoms with Crippen LogP contribution < -0.4 is 5.32 Å². The summed E-state index contributed by atoms with van der Waals surface area (Å²) < 4.78 is 14.5. The second-order valence-electron chi connectivity index (χ2n) is 5.04. The third-order valence-corrected chi connectivity index (χ3v) is 4.19. The molecule has 3 rings (SSSR count). The van der Waals surface area contributed by atoms with E-state index in [1.807, 2.05) is 12.1 Å². The Hall–Kier alpha value is -1.35. The second kappa shape index (κ2) is 5.33. The summed E-state index contributed by atoms with van der Waals surface area (Å²) in [5.74, 6) is 0.412. The van der Waals surface area contributed by atoms with E-state index < -0.39 is 0 Å². The van der Waals surface area contributed by atoms with Gasteiger partial charge < -0.3 is 5.32 Å². The van der Waals surface area contributed by atoms with Crippen LogP contribution in [0.4, 0.5) is 10.1 Å². The highest BCUT2D eigenvalue weighted by molar-refractivity contribution is 9.10. The van der Waals surface area contributed by atoms with Crippen LogP contribution in [0.1, 0.15) is 24.3 Å². The normalized spacial score (nSPS) is 21.8. The Morgan fingerprint density at radius 3 is 2.47 bits per heavy atom. The first-order valence-corrected chi connectivity index (χ1v) is 7.28. The Balaban J connectivity index is 1.60. The first-order chi connectivity index (χ1) is 9.22. The van der Waals surface area contributed by atoms with Crippen molar-refractivity contribution in [2.45, 2.75) is 24.8 Å². The molecular weight excluding hydrogens is 305 g/mol. The largest absolute Gasteiger partial charge is 0.380 e. The highest BCUT2D eigenvalue weighted by Gasteiger charge is 2.30. The predicted molar refractivity (Wildman–Crippen MR) is 79.9 cm³/mol. The number of nitrogens with one attached hydrogen (secondary N) is 1. The van der Waals surface area contributed by atoms with Gasteiger partial charge in [0.1, 0.15) is 5.82 Å². The topological polar surface area (TPSA) is 12.0 Å². The van der Waals surface area contributed by atoms with Gasteiger partial charge in [-0.1, -0.05) is 46.3 Å². The molecule has 0 aliphatic heterocycles. The fraction of sp³-hybridized carbons (Fsp3) is 0.250. The van der Waals surface area contributed by atoms with Gasteiger partial charge in [0, 0.05) is 10.5 Å². The van der Waals surface area contributed by atoms with Gasteiger partial charge in [0.05, 0.1) is 5.69 Å². The molecular formula is C16H15BrFN. The second-order valence-corrected chi connectivity index (χ2v) is 5.96. The van der Waals surface area contributed by atoms with E-state index in [4.69, 9.17) is 0 Å². The summed E-state index contributed by atoms with van der Waals surface area (Å²) in [6.07, 6.45) is 2.14. The fourth-order valence-corrected chi connectivity index (χ4v) is 2.89. The van der Waals surface area contributed by atoms with Gasteiger partial charge in [-0.3, -0.25) is 0 Å². The van der Waals surface area contributed by atoms with Crippen LogP contribution in [0.5, 0.6) is 0 Å². The Morgan fingerprint density at radius 2 is 1.79 bits per heavy atom. The highest BCUT2D eigenvalue weighted by atomic mass is 79.9. The predicted octanol–water partition coefficient (Wildman–Crippen LogP) is 4.95. The number of hydrogen-bond donors (Lipinski definition) is 1. The molecule has 98 valence electrons. The zero-order chi connectivity index (χ0) is 13.2. The van der Waals surface area contributed by atoms with Crippen molar-refractivity contribution < 1.29 is 4.39 Å². The van der Waals surface area contributed by atoms with E-state index in [1.54, 1.807) is 6.07 Å². The lowest BCUT2D eigenvalue weighted by atomic mass is 9.76. The summed E-state index contributed by atoms with van der Waals surface area (Å²) >= 11 is 3.27. The molecule has 1 nitrogen and oxygen atoms in total. The quantitative estimate of drug-likeness (QED) is 0.844. The molecule has 0 heterocycles. The van der Waals surface area contributed by atoms with Crippen LogP contribution in [-0.4, -0.2) is 6.04 Å². The lowest BCUT2D eigenvalue weighted by molar-refractivity contribution is 0.373. The molecule has 0 saturated heterocycles. The molecule has 0 spiro atoms. The number of benzene rings is 2. The summed E-state index contributed by atoms with van der Waals surface area (Å²) in [4.78, 5) is 0. The molecule has 0 aromatic heterocycles. The molecule has 1 fully saturated rings. The highest BCUT2D eigenvalue weighted by Crippen LogP contribution is 2.38. The van der Waals surface area contributed by atoms with E-state index in [0.717, 1.165) is 17.3 Å². The molecule has 1 aliphatic carbocycles. The molecule has 2 aromatic rings. The molecule has 0 atom stereocenters. The van der Waals surface area contributed by atoms with E-state index in [-0.39, 0.29) is 5.82 Å². The van der Waals surface area contributed by atoms with Crippen molar-refractivity contribution in [2.75, 3.05) is 5.32 Å². The monoisotopic (exact) mass is 319 g/mol. The molecule has 3 heteroatoms. The Kier molecular flexibility index (Phi) is 3.56. The van der Waals surface area contributed by atoms with Crippen LogP contribution in [-0.2, 0) is 0 Å². The molecule has 1 aliphatic rings. The first kappa shape index (κ1) is 12.7. The average Bonchev–Trinajstić information content (AvgIpc) is 2.36. The van der Waals surface area contributed by atoms with Crippen molar-refractivity contribution in [3.05, 3.63) is 64.4 Å². The minimum atomic E-state index is -0.197. The third kappa shape index (κ3) is 2.81. The van der Waals surface area contributed by atoms with Crippen LogP contribution in [0.3, 0.4) is 0 Å². The maximum absolute atomic E-state index is 13.7. The van der Waals surface area contributed by atoms with Crippen LogP contribution in [0.15, 0.2) is 53.0 Å². The summed E-state index contributed by atoms with van der Waals surface area (Å²) in [7, 11) is 0. The van der Waals surface area contributed by atoms with Crippen molar-refractivity contribution in [3.63, 3.8) is 0 Å². The lowest BCUT2D eigenvalue weighted by Crippen LogP contribution is -2.34. The Bertz CT molecular complexity index is 564. The van der Waals surface area contributed by atoms with E-state index in [9.17, 15) is 4.39 Å². The van der Waals surface area contributed by atoms with Crippen molar-refractivity contribution >= 4 is 21.6 Å². The molecule has 0 amide bonds. The Labute approximate surface area is 121 Å². The van der Waals surface area contributed by atoms with E-state index >= 15 is 0 Å². The standard InChI is InChI=1S/C16H15BrFN/c17-13-6-7-16(15(18)10-13)19-14-8-12(9-14)11-4-2-1-3-5-11/h1-7,10,12,14,19H,8-9H2. The van der Waals surface area contributed by atoms with Crippen molar-refractivity contribution in [2.24, 2.45) is 0 Å². The first-order valence-electron chi connectivity index (χ1n) is 6.49. The third-order valence-electron chi connectivity index (χ3n) is 3.70. The molecule has 1 N–H and O–H groups in total. The SMILES string of the molecule is Fc1cc(Br)ccc1NC1CC(c2ccccc2)C1. The van der Waals surface area contributed by atoms with Gasteiger partial charge in [-0.05, 0) is 42.5 Å². The van der Waals surface area contributed by atoms with Gasteiger partial charge in [0.2, 0.25) is 0 Å². The number of anilines is 1. The van der Waals surface area contributed by atoms with Gasteiger partial charge >= 0.3 is 0 Å². The minimum Gasteiger partial charge on any atom is -0.380 e. The van der Waals surface area contributed by atoms with Crippen LogP contribution in [0.2, 0.25) is 0 Å². The summed E-state index contributed by atoms with van der Waals surface area (Å²) in [6, 6.07) is 16.0. The van der Waals surface area contributed by atoms with Gasteiger partial charge in [0.15, 0.2) is 0 Å². The number of rotatable bonds is 3. The van der Waals surface area contributed by atoms with E-state index in [1.165, 1.54) is 11.6 Å². The smallest absolute Gasteiger partial charge is 0.147 e. The Morgan fingerprint density at radius 1 is 1.05 bits per heavy atom. The van der Waals surface area contributed by atoms with Crippen molar-refractivity contribution in [1.29, 1.82) is 0 Å². The number of halogens is 2. The zero-order valence-electron chi connectivity index (χ0n) is 10.4. The van der Waals surface area contributed by atoms with Gasteiger partial charge in [-0.15, -0.1) is 0 Å². The van der Waals surface area contributed by atoms with E-state index in [2.05, 4.69) is 45.5 Å². The van der Waals surface area contributed by atoms with Crippen molar-refractivity contribution in [1.82, 2.24) is 0 Å². The molecule has 0 unspecified atom stereocenters. The van der Waals surface area contributed by atoms with Crippen LogP contribution in [0.25, 0.3) is 0 Å². The van der Waals surface area contributed by atoms with Crippen LogP contribution >= 0.6 is 15.9 Å². The molecule has 0 bridgehead atoms.